The number of fused-ring (bicyclic) bond motifs is 2. The average Bonchev–Trinajstić information content (AvgIpc) is 3.60. The molecule has 3 aliphatic heterocycles. The second kappa shape index (κ2) is 9.61. The van der Waals surface area contributed by atoms with Crippen LogP contribution < -0.4 is 20.7 Å². The number of ether oxygens (including phenoxy) is 1. The molecule has 0 radical (unpaired) electrons. The summed E-state index contributed by atoms with van der Waals surface area (Å²) < 4.78 is 7.90. The molecule has 4 fully saturated rings. The molecule has 2 N–H and O–H groups in total. The van der Waals surface area contributed by atoms with Crippen LogP contribution in [0.3, 0.4) is 0 Å². The van der Waals surface area contributed by atoms with Gasteiger partial charge in [0.25, 0.3) is 0 Å². The third-order valence-corrected chi connectivity index (χ3v) is 10.0. The van der Waals surface area contributed by atoms with E-state index in [2.05, 4.69) is 41.4 Å². The van der Waals surface area contributed by atoms with Crippen molar-refractivity contribution >= 4 is 23.2 Å². The number of rotatable bonds is 6. The van der Waals surface area contributed by atoms with Gasteiger partial charge in [0, 0.05) is 81.7 Å². The lowest BCUT2D eigenvalue weighted by molar-refractivity contribution is 0.0425. The summed E-state index contributed by atoms with van der Waals surface area (Å²) in [5, 5.41) is 5.64. The summed E-state index contributed by atoms with van der Waals surface area (Å²) in [6.07, 6.45) is 5.98. The fraction of sp³-hybridized carbons (Fsp3) is 0.750. The minimum absolute atomic E-state index is 0.280. The lowest BCUT2D eigenvalue weighted by atomic mass is 9.68. The number of hydrazine groups is 1. The van der Waals surface area contributed by atoms with Gasteiger partial charge < -0.3 is 14.5 Å². The van der Waals surface area contributed by atoms with Crippen molar-refractivity contribution in [3.05, 3.63) is 27.8 Å². The zero-order valence-electron chi connectivity index (χ0n) is 23.1. The molecule has 5 unspecified atom stereocenters. The van der Waals surface area contributed by atoms with Crippen LogP contribution in [0.4, 0.5) is 11.6 Å². The molecule has 10 heteroatoms. The molecular weight excluding hydrogens is 500 g/mol. The maximum Gasteiger partial charge on any atom is 0.146 e. The minimum atomic E-state index is 0.280. The SMILES string of the molecule is CCOC1CN(c2nc(C3C(C)CCC4NNC(C)C43)nc3c2CN(c2c(Cl)c(C4CC4)nn2C)CC3)C1. The van der Waals surface area contributed by atoms with Crippen molar-refractivity contribution in [2.45, 2.75) is 89.4 Å². The molecule has 2 saturated heterocycles. The number of hydrogen-bond donors (Lipinski definition) is 2. The van der Waals surface area contributed by atoms with E-state index in [1.165, 1.54) is 36.9 Å². The molecule has 206 valence electrons. The second-order valence-corrected chi connectivity index (χ2v) is 12.6. The van der Waals surface area contributed by atoms with Crippen LogP contribution in [-0.2, 0) is 24.8 Å². The zero-order chi connectivity index (χ0) is 26.1. The summed E-state index contributed by atoms with van der Waals surface area (Å²) in [6, 6.07) is 0.897. The van der Waals surface area contributed by atoms with Gasteiger partial charge in [0.15, 0.2) is 0 Å². The molecule has 2 aromatic heterocycles. The van der Waals surface area contributed by atoms with Crippen LogP contribution in [0.25, 0.3) is 0 Å². The van der Waals surface area contributed by atoms with Crippen molar-refractivity contribution in [2.75, 3.05) is 36.0 Å². The predicted molar refractivity (Wildman–Crippen MR) is 149 cm³/mol. The normalized spacial score (nSPS) is 31.3. The highest BCUT2D eigenvalue weighted by Gasteiger charge is 2.47. The van der Waals surface area contributed by atoms with Gasteiger partial charge in [0.1, 0.15) is 22.5 Å². The third kappa shape index (κ3) is 4.12. The lowest BCUT2D eigenvalue weighted by Gasteiger charge is -2.43. The van der Waals surface area contributed by atoms with E-state index in [1.807, 2.05) is 11.7 Å². The molecule has 5 heterocycles. The zero-order valence-corrected chi connectivity index (χ0v) is 23.8. The van der Waals surface area contributed by atoms with E-state index in [9.17, 15) is 0 Å². The quantitative estimate of drug-likeness (QED) is 0.576. The molecule has 9 nitrogen and oxygen atoms in total. The first-order chi connectivity index (χ1) is 18.4. The van der Waals surface area contributed by atoms with Crippen LogP contribution in [-0.4, -0.2) is 64.2 Å². The molecule has 0 bridgehead atoms. The molecular formula is C28H41ClN8O. The first-order valence-electron chi connectivity index (χ1n) is 14.7. The average molecular weight is 541 g/mol. The van der Waals surface area contributed by atoms with Gasteiger partial charge in [-0.3, -0.25) is 15.5 Å². The highest BCUT2D eigenvalue weighted by molar-refractivity contribution is 6.33. The monoisotopic (exact) mass is 540 g/mol. The van der Waals surface area contributed by atoms with Gasteiger partial charge >= 0.3 is 0 Å². The van der Waals surface area contributed by atoms with Crippen LogP contribution in [0.15, 0.2) is 0 Å². The van der Waals surface area contributed by atoms with Gasteiger partial charge in [-0.05, 0) is 45.4 Å². The van der Waals surface area contributed by atoms with Crippen molar-refractivity contribution in [1.82, 2.24) is 30.6 Å². The third-order valence-electron chi connectivity index (χ3n) is 9.65. The number of anilines is 2. The maximum absolute atomic E-state index is 6.93. The number of nitrogens with zero attached hydrogens (tertiary/aromatic N) is 6. The van der Waals surface area contributed by atoms with Gasteiger partial charge in [0.05, 0.1) is 17.5 Å². The highest BCUT2D eigenvalue weighted by Crippen LogP contribution is 2.47. The molecule has 0 amide bonds. The Hall–Kier alpha value is -1.94. The van der Waals surface area contributed by atoms with Gasteiger partial charge in [-0.25, -0.2) is 9.97 Å². The number of nitrogens with one attached hydrogen (secondary N) is 2. The Kier molecular flexibility index (Phi) is 6.34. The molecule has 0 aromatic carbocycles. The Morgan fingerprint density at radius 2 is 1.87 bits per heavy atom. The summed E-state index contributed by atoms with van der Waals surface area (Å²) in [4.78, 5) is 15.6. The Morgan fingerprint density at radius 3 is 2.63 bits per heavy atom. The van der Waals surface area contributed by atoms with E-state index in [-0.39, 0.29) is 6.10 Å². The molecule has 2 aromatic rings. The summed E-state index contributed by atoms with van der Waals surface area (Å²) in [5.74, 6) is 5.13. The van der Waals surface area contributed by atoms with E-state index in [0.29, 0.717) is 35.8 Å². The van der Waals surface area contributed by atoms with Crippen LogP contribution in [0.2, 0.25) is 5.02 Å². The summed E-state index contributed by atoms with van der Waals surface area (Å²) >= 11 is 6.93. The Bertz CT molecular complexity index is 1210. The molecule has 38 heavy (non-hydrogen) atoms. The fourth-order valence-electron chi connectivity index (χ4n) is 7.46. The molecule has 7 rings (SSSR count). The highest BCUT2D eigenvalue weighted by atomic mass is 35.5. The van der Waals surface area contributed by atoms with E-state index in [4.69, 9.17) is 31.4 Å². The van der Waals surface area contributed by atoms with Crippen molar-refractivity contribution in [1.29, 1.82) is 0 Å². The van der Waals surface area contributed by atoms with Crippen molar-refractivity contribution in [3.63, 3.8) is 0 Å². The van der Waals surface area contributed by atoms with Crippen LogP contribution >= 0.6 is 11.6 Å². The fourth-order valence-corrected chi connectivity index (χ4v) is 7.90. The van der Waals surface area contributed by atoms with E-state index in [1.54, 1.807) is 0 Å². The number of aryl methyl sites for hydroxylation is 1. The maximum atomic E-state index is 6.93. The van der Waals surface area contributed by atoms with Gasteiger partial charge in [0.2, 0.25) is 0 Å². The summed E-state index contributed by atoms with van der Waals surface area (Å²) in [6.45, 7) is 11.0. The molecule has 0 spiro atoms. The first-order valence-corrected chi connectivity index (χ1v) is 15.0. The van der Waals surface area contributed by atoms with Crippen molar-refractivity contribution < 1.29 is 4.74 Å². The smallest absolute Gasteiger partial charge is 0.146 e. The summed E-state index contributed by atoms with van der Waals surface area (Å²) in [7, 11) is 2.02. The lowest BCUT2D eigenvalue weighted by Crippen LogP contribution is -2.53. The number of aromatic nitrogens is 4. The van der Waals surface area contributed by atoms with Gasteiger partial charge in [-0.2, -0.15) is 5.10 Å². The largest absolute Gasteiger partial charge is 0.375 e. The van der Waals surface area contributed by atoms with E-state index < -0.39 is 0 Å². The predicted octanol–water partition coefficient (Wildman–Crippen LogP) is 3.52. The molecule has 2 aliphatic carbocycles. The van der Waals surface area contributed by atoms with Gasteiger partial charge in [-0.15, -0.1) is 0 Å². The Labute approximate surface area is 230 Å². The molecule has 5 atom stereocenters. The van der Waals surface area contributed by atoms with Crippen molar-refractivity contribution in [2.24, 2.45) is 18.9 Å². The van der Waals surface area contributed by atoms with E-state index in [0.717, 1.165) is 67.4 Å². The molecule has 5 aliphatic rings. The van der Waals surface area contributed by atoms with Crippen LogP contribution in [0.5, 0.6) is 0 Å². The van der Waals surface area contributed by atoms with Crippen LogP contribution in [0.1, 0.15) is 81.1 Å². The molecule has 2 saturated carbocycles. The number of hydrogen-bond acceptors (Lipinski definition) is 8. The standard InChI is InChI=1S/C28H41ClN8O/c1-5-38-18-12-37(13-18)27-19-14-36(28-24(29)25(17-7-8-17)34-35(28)4)11-10-20(19)30-26(31-27)22-15(2)6-9-21-23(22)16(3)32-33-21/h15-18,21-23,32-33H,5-14H2,1-4H3. The second-order valence-electron chi connectivity index (χ2n) is 12.2. The number of halogens is 1. The minimum Gasteiger partial charge on any atom is -0.375 e. The van der Waals surface area contributed by atoms with E-state index >= 15 is 0 Å². The van der Waals surface area contributed by atoms with Crippen molar-refractivity contribution in [3.8, 4) is 0 Å². The summed E-state index contributed by atoms with van der Waals surface area (Å²) in [5.41, 5.74) is 10.6. The Morgan fingerprint density at radius 1 is 1.05 bits per heavy atom. The van der Waals surface area contributed by atoms with Crippen LogP contribution in [0, 0.1) is 11.8 Å². The van der Waals surface area contributed by atoms with Gasteiger partial charge in [-0.1, -0.05) is 18.5 Å². The topological polar surface area (TPSA) is 83.4 Å². The first kappa shape index (κ1) is 25.1. The Balaban J connectivity index is 1.25.